The Bertz CT molecular complexity index is 617. The van der Waals surface area contributed by atoms with Gasteiger partial charge >= 0.3 is 0 Å². The second-order valence-corrected chi connectivity index (χ2v) is 5.24. The van der Waals surface area contributed by atoms with E-state index in [2.05, 4.69) is 22.0 Å². The van der Waals surface area contributed by atoms with Gasteiger partial charge in [0.05, 0.1) is 11.6 Å². The molecule has 0 bridgehead atoms. The van der Waals surface area contributed by atoms with E-state index in [0.717, 1.165) is 27.8 Å². The summed E-state index contributed by atoms with van der Waals surface area (Å²) in [5, 5.41) is 8.75. The summed E-state index contributed by atoms with van der Waals surface area (Å²) in [6, 6.07) is 15.4. The van der Waals surface area contributed by atoms with Crippen LogP contribution in [0.5, 0.6) is 5.75 Å². The normalized spacial score (nSPS) is 10.1. The molecule has 2 aromatic carbocycles. The number of hydrogen-bond donors (Lipinski definition) is 1. The van der Waals surface area contributed by atoms with E-state index >= 15 is 0 Å². The van der Waals surface area contributed by atoms with Gasteiger partial charge in [-0.2, -0.15) is 5.26 Å². The zero-order chi connectivity index (χ0) is 14.4. The average Bonchev–Trinajstić information content (AvgIpc) is 2.49. The average molecular weight is 331 g/mol. The predicted molar refractivity (Wildman–Crippen MR) is 82.4 cm³/mol. The van der Waals surface area contributed by atoms with Crippen LogP contribution < -0.4 is 10.5 Å². The third-order valence-corrected chi connectivity index (χ3v) is 3.69. The molecule has 2 aromatic rings. The van der Waals surface area contributed by atoms with Gasteiger partial charge in [0.1, 0.15) is 12.4 Å². The van der Waals surface area contributed by atoms with Crippen LogP contribution in [0.1, 0.15) is 16.7 Å². The zero-order valence-electron chi connectivity index (χ0n) is 11.0. The quantitative estimate of drug-likeness (QED) is 0.913. The second-order valence-electron chi connectivity index (χ2n) is 4.39. The standard InChI is InChI=1S/C16H15BrN2O/c17-16-6-5-15(9-14(16)7-8-18)20-11-13-3-1-12(10-19)2-4-13/h1-6,9H,7-8,11,18H2. The summed E-state index contributed by atoms with van der Waals surface area (Å²) >= 11 is 3.50. The number of rotatable bonds is 5. The third kappa shape index (κ3) is 3.83. The summed E-state index contributed by atoms with van der Waals surface area (Å²) in [4.78, 5) is 0. The van der Waals surface area contributed by atoms with Crippen molar-refractivity contribution < 1.29 is 4.74 Å². The van der Waals surface area contributed by atoms with E-state index in [1.165, 1.54) is 0 Å². The van der Waals surface area contributed by atoms with Crippen molar-refractivity contribution >= 4 is 15.9 Å². The Morgan fingerprint density at radius 2 is 1.90 bits per heavy atom. The lowest BCUT2D eigenvalue weighted by molar-refractivity contribution is 0.306. The Hall–Kier alpha value is -1.83. The molecule has 2 rings (SSSR count). The van der Waals surface area contributed by atoms with Gasteiger partial charge < -0.3 is 10.5 Å². The molecule has 0 unspecified atom stereocenters. The molecule has 0 amide bonds. The molecule has 0 aliphatic heterocycles. The number of benzene rings is 2. The molecule has 0 atom stereocenters. The summed E-state index contributed by atoms with van der Waals surface area (Å²) in [7, 11) is 0. The molecule has 0 radical (unpaired) electrons. The number of ether oxygens (including phenoxy) is 1. The molecule has 0 aliphatic rings. The van der Waals surface area contributed by atoms with E-state index in [1.807, 2.05) is 30.3 Å². The number of nitriles is 1. The van der Waals surface area contributed by atoms with Crippen LogP contribution in [0.3, 0.4) is 0 Å². The lowest BCUT2D eigenvalue weighted by Gasteiger charge is -2.09. The van der Waals surface area contributed by atoms with Crippen LogP contribution in [-0.2, 0) is 13.0 Å². The van der Waals surface area contributed by atoms with Crippen molar-refractivity contribution in [3.63, 3.8) is 0 Å². The molecule has 0 spiro atoms. The van der Waals surface area contributed by atoms with Gasteiger partial charge in [0.2, 0.25) is 0 Å². The summed E-state index contributed by atoms with van der Waals surface area (Å²) in [5.41, 5.74) is 8.42. The van der Waals surface area contributed by atoms with Crippen molar-refractivity contribution in [1.82, 2.24) is 0 Å². The van der Waals surface area contributed by atoms with Gasteiger partial charge in [0.25, 0.3) is 0 Å². The Balaban J connectivity index is 2.03. The first-order valence-corrected chi connectivity index (χ1v) is 7.12. The first-order valence-electron chi connectivity index (χ1n) is 6.33. The van der Waals surface area contributed by atoms with Crippen molar-refractivity contribution in [2.45, 2.75) is 13.0 Å². The van der Waals surface area contributed by atoms with Crippen LogP contribution >= 0.6 is 15.9 Å². The highest BCUT2D eigenvalue weighted by molar-refractivity contribution is 9.10. The number of nitrogens with zero attached hydrogens (tertiary/aromatic N) is 1. The van der Waals surface area contributed by atoms with E-state index in [0.29, 0.717) is 18.7 Å². The van der Waals surface area contributed by atoms with E-state index in [9.17, 15) is 0 Å². The largest absolute Gasteiger partial charge is 0.489 e. The third-order valence-electron chi connectivity index (χ3n) is 2.92. The fourth-order valence-electron chi connectivity index (χ4n) is 1.83. The monoisotopic (exact) mass is 330 g/mol. The van der Waals surface area contributed by atoms with Gasteiger partial charge in [0, 0.05) is 4.47 Å². The van der Waals surface area contributed by atoms with Gasteiger partial charge in [-0.3, -0.25) is 0 Å². The van der Waals surface area contributed by atoms with Crippen LogP contribution in [0.2, 0.25) is 0 Å². The molecular formula is C16H15BrN2O. The Morgan fingerprint density at radius 3 is 2.55 bits per heavy atom. The van der Waals surface area contributed by atoms with Gasteiger partial charge in [-0.1, -0.05) is 28.1 Å². The highest BCUT2D eigenvalue weighted by atomic mass is 79.9. The zero-order valence-corrected chi connectivity index (χ0v) is 12.6. The van der Waals surface area contributed by atoms with Crippen molar-refractivity contribution in [2.75, 3.05) is 6.54 Å². The van der Waals surface area contributed by atoms with Crippen LogP contribution in [0.25, 0.3) is 0 Å². The SMILES string of the molecule is N#Cc1ccc(COc2ccc(Br)c(CCN)c2)cc1. The predicted octanol–water partition coefficient (Wildman–Crippen LogP) is 3.40. The van der Waals surface area contributed by atoms with E-state index in [4.69, 9.17) is 15.7 Å². The number of nitrogens with two attached hydrogens (primary N) is 1. The molecule has 0 saturated carbocycles. The molecule has 0 saturated heterocycles. The topological polar surface area (TPSA) is 59.0 Å². The van der Waals surface area contributed by atoms with E-state index < -0.39 is 0 Å². The van der Waals surface area contributed by atoms with Crippen LogP contribution in [0.4, 0.5) is 0 Å². The molecule has 3 nitrogen and oxygen atoms in total. The van der Waals surface area contributed by atoms with Crippen LogP contribution in [0.15, 0.2) is 46.9 Å². The molecule has 0 heterocycles. The smallest absolute Gasteiger partial charge is 0.120 e. The first kappa shape index (κ1) is 14.6. The van der Waals surface area contributed by atoms with Gasteiger partial charge in [-0.15, -0.1) is 0 Å². The minimum Gasteiger partial charge on any atom is -0.489 e. The minimum absolute atomic E-state index is 0.482. The van der Waals surface area contributed by atoms with Crippen molar-refractivity contribution in [3.05, 3.63) is 63.6 Å². The maximum Gasteiger partial charge on any atom is 0.120 e. The van der Waals surface area contributed by atoms with Gasteiger partial charge in [-0.05, 0) is 54.4 Å². The van der Waals surface area contributed by atoms with Gasteiger partial charge in [-0.25, -0.2) is 0 Å². The molecule has 102 valence electrons. The molecule has 0 fully saturated rings. The van der Waals surface area contributed by atoms with Crippen LogP contribution in [0, 0.1) is 11.3 Å². The highest BCUT2D eigenvalue weighted by Gasteiger charge is 2.02. The van der Waals surface area contributed by atoms with Crippen molar-refractivity contribution in [1.29, 1.82) is 5.26 Å². The molecule has 0 aromatic heterocycles. The summed E-state index contributed by atoms with van der Waals surface area (Å²) in [6.07, 6.45) is 0.814. The second kappa shape index (κ2) is 7.09. The maximum atomic E-state index is 8.75. The van der Waals surface area contributed by atoms with E-state index in [-0.39, 0.29) is 0 Å². The molecular weight excluding hydrogens is 316 g/mol. The first-order chi connectivity index (χ1) is 9.72. The fourth-order valence-corrected chi connectivity index (χ4v) is 2.28. The van der Waals surface area contributed by atoms with Gasteiger partial charge in [0.15, 0.2) is 0 Å². The molecule has 20 heavy (non-hydrogen) atoms. The molecule has 2 N–H and O–H groups in total. The highest BCUT2D eigenvalue weighted by Crippen LogP contribution is 2.23. The Labute approximate surface area is 127 Å². The van der Waals surface area contributed by atoms with E-state index in [1.54, 1.807) is 12.1 Å². The Kier molecular flexibility index (Phi) is 5.16. The lowest BCUT2D eigenvalue weighted by Crippen LogP contribution is -2.04. The fraction of sp³-hybridized carbons (Fsp3) is 0.188. The lowest BCUT2D eigenvalue weighted by atomic mass is 10.1. The summed E-state index contributed by atoms with van der Waals surface area (Å²) in [6.45, 7) is 1.09. The molecule has 4 heteroatoms. The Morgan fingerprint density at radius 1 is 1.15 bits per heavy atom. The number of halogens is 1. The summed E-state index contributed by atoms with van der Waals surface area (Å²) < 4.78 is 6.81. The van der Waals surface area contributed by atoms with Crippen molar-refractivity contribution in [2.24, 2.45) is 5.73 Å². The van der Waals surface area contributed by atoms with Crippen molar-refractivity contribution in [3.8, 4) is 11.8 Å². The minimum atomic E-state index is 0.482. The number of hydrogen-bond acceptors (Lipinski definition) is 3. The molecule has 0 aliphatic carbocycles. The summed E-state index contributed by atoms with van der Waals surface area (Å²) in [5.74, 6) is 0.820. The van der Waals surface area contributed by atoms with Crippen LogP contribution in [-0.4, -0.2) is 6.54 Å². The maximum absolute atomic E-state index is 8.75.